The summed E-state index contributed by atoms with van der Waals surface area (Å²) >= 11 is 0. The molecule has 0 spiro atoms. The van der Waals surface area contributed by atoms with Crippen molar-refractivity contribution in [1.29, 1.82) is 0 Å². The van der Waals surface area contributed by atoms with E-state index >= 15 is 0 Å². The molecule has 0 atom stereocenters. The van der Waals surface area contributed by atoms with Crippen LogP contribution in [0.25, 0.3) is 0 Å². The highest BCUT2D eigenvalue weighted by atomic mass is 15.2. The molecule has 1 heterocycles. The highest BCUT2D eigenvalue weighted by Crippen LogP contribution is 2.19. The van der Waals surface area contributed by atoms with Gasteiger partial charge in [0.2, 0.25) is 0 Å². The number of hydrogen-bond acceptors (Lipinski definition) is 2. The fourth-order valence-electron chi connectivity index (χ4n) is 2.55. The van der Waals surface area contributed by atoms with Gasteiger partial charge in [-0.1, -0.05) is 47.5 Å². The fraction of sp³-hybridized carbons (Fsp3) is 0.778. The Morgan fingerprint density at radius 3 is 2.10 bits per heavy atom. The summed E-state index contributed by atoms with van der Waals surface area (Å²) in [5.74, 6) is 0. The van der Waals surface area contributed by atoms with Crippen LogP contribution in [0.4, 0.5) is 0 Å². The van der Waals surface area contributed by atoms with E-state index in [-0.39, 0.29) is 0 Å². The Bertz CT molecular complexity index is 315. The van der Waals surface area contributed by atoms with Crippen molar-refractivity contribution >= 4 is 0 Å². The maximum absolute atomic E-state index is 2.57. The molecule has 0 aromatic carbocycles. The van der Waals surface area contributed by atoms with E-state index in [9.17, 15) is 0 Å². The first kappa shape index (κ1) is 17.1. The standard InChI is InChI=1S/C18H34N2/c1-6-8-12-20(13-9-7-2)17-10-14-19(15-11-17)16-18(3,4)5/h10-11,14H,6-9,12-13,15-16H2,1-5H3. The fourth-order valence-corrected chi connectivity index (χ4v) is 2.55. The molecule has 0 saturated carbocycles. The maximum Gasteiger partial charge on any atom is 0.0377 e. The predicted octanol–water partition coefficient (Wildman–Crippen LogP) is 4.65. The lowest BCUT2D eigenvalue weighted by molar-refractivity contribution is 0.260. The first-order valence-electron chi connectivity index (χ1n) is 8.33. The van der Waals surface area contributed by atoms with Crippen LogP contribution in [0.15, 0.2) is 24.0 Å². The molecule has 0 aromatic rings. The lowest BCUT2D eigenvalue weighted by Gasteiger charge is -2.33. The van der Waals surface area contributed by atoms with Gasteiger partial charge >= 0.3 is 0 Å². The Kier molecular flexibility index (Phi) is 7.18. The van der Waals surface area contributed by atoms with Crippen molar-refractivity contribution in [3.05, 3.63) is 24.0 Å². The molecule has 1 aliphatic heterocycles. The third kappa shape index (κ3) is 6.49. The van der Waals surface area contributed by atoms with Crippen molar-refractivity contribution < 1.29 is 0 Å². The van der Waals surface area contributed by atoms with E-state index in [2.05, 4.69) is 62.8 Å². The monoisotopic (exact) mass is 278 g/mol. The molecule has 0 radical (unpaired) electrons. The predicted molar refractivity (Wildman–Crippen MR) is 89.6 cm³/mol. The van der Waals surface area contributed by atoms with Gasteiger partial charge in [0, 0.05) is 38.1 Å². The van der Waals surface area contributed by atoms with E-state index < -0.39 is 0 Å². The maximum atomic E-state index is 2.57. The Morgan fingerprint density at radius 2 is 1.70 bits per heavy atom. The van der Waals surface area contributed by atoms with Crippen molar-refractivity contribution in [2.45, 2.75) is 60.3 Å². The van der Waals surface area contributed by atoms with Crippen molar-refractivity contribution in [3.8, 4) is 0 Å². The van der Waals surface area contributed by atoms with Gasteiger partial charge in [0.15, 0.2) is 0 Å². The average molecular weight is 278 g/mol. The molecule has 0 amide bonds. The van der Waals surface area contributed by atoms with Crippen LogP contribution in [-0.4, -0.2) is 36.0 Å². The molecule has 0 aromatic heterocycles. The van der Waals surface area contributed by atoms with Crippen molar-refractivity contribution in [2.24, 2.45) is 5.41 Å². The summed E-state index contributed by atoms with van der Waals surface area (Å²) in [6.45, 7) is 16.0. The van der Waals surface area contributed by atoms with Crippen LogP contribution < -0.4 is 0 Å². The molecule has 1 rings (SSSR count). The zero-order valence-corrected chi connectivity index (χ0v) is 14.3. The van der Waals surface area contributed by atoms with Crippen LogP contribution in [0.1, 0.15) is 60.3 Å². The van der Waals surface area contributed by atoms with Gasteiger partial charge < -0.3 is 9.80 Å². The summed E-state index contributed by atoms with van der Waals surface area (Å²) in [5, 5.41) is 0. The average Bonchev–Trinajstić information content (AvgIpc) is 2.38. The quantitative estimate of drug-likeness (QED) is 0.638. The van der Waals surface area contributed by atoms with Crippen LogP contribution in [0.5, 0.6) is 0 Å². The van der Waals surface area contributed by atoms with Crippen LogP contribution in [0, 0.1) is 5.41 Å². The van der Waals surface area contributed by atoms with Crippen LogP contribution in [-0.2, 0) is 0 Å². The first-order valence-corrected chi connectivity index (χ1v) is 8.33. The third-order valence-corrected chi connectivity index (χ3v) is 3.60. The number of allylic oxidation sites excluding steroid dienone is 1. The normalized spacial score (nSPS) is 15.4. The minimum atomic E-state index is 0.361. The topological polar surface area (TPSA) is 6.48 Å². The SMILES string of the molecule is CCCCN(CCCC)C1=CCN(CC(C)(C)C)C=C1. The van der Waals surface area contributed by atoms with Gasteiger partial charge in [0.05, 0.1) is 0 Å². The second kappa shape index (κ2) is 8.39. The van der Waals surface area contributed by atoms with Crippen LogP contribution in [0.3, 0.4) is 0 Å². The van der Waals surface area contributed by atoms with Gasteiger partial charge in [-0.3, -0.25) is 0 Å². The van der Waals surface area contributed by atoms with Gasteiger partial charge in [0.1, 0.15) is 0 Å². The summed E-state index contributed by atoms with van der Waals surface area (Å²) in [7, 11) is 0. The van der Waals surface area contributed by atoms with Gasteiger partial charge in [-0.05, 0) is 30.4 Å². The summed E-state index contributed by atoms with van der Waals surface area (Å²) in [5.41, 5.74) is 1.79. The van der Waals surface area contributed by atoms with E-state index in [1.54, 1.807) is 0 Å². The largest absolute Gasteiger partial charge is 0.373 e. The molecule has 116 valence electrons. The molecule has 2 nitrogen and oxygen atoms in total. The van der Waals surface area contributed by atoms with Crippen molar-refractivity contribution in [2.75, 3.05) is 26.2 Å². The second-order valence-corrected chi connectivity index (χ2v) is 7.13. The minimum Gasteiger partial charge on any atom is -0.373 e. The number of rotatable bonds is 8. The highest BCUT2D eigenvalue weighted by Gasteiger charge is 2.16. The lowest BCUT2D eigenvalue weighted by atomic mass is 9.96. The molecular weight excluding hydrogens is 244 g/mol. The number of nitrogens with zero attached hydrogens (tertiary/aromatic N) is 2. The molecule has 0 bridgehead atoms. The molecular formula is C18H34N2. The smallest absolute Gasteiger partial charge is 0.0377 e. The number of hydrogen-bond donors (Lipinski definition) is 0. The molecule has 0 aliphatic carbocycles. The van der Waals surface area contributed by atoms with Gasteiger partial charge in [0.25, 0.3) is 0 Å². The molecule has 1 aliphatic rings. The van der Waals surface area contributed by atoms with Crippen molar-refractivity contribution in [1.82, 2.24) is 9.80 Å². The lowest BCUT2D eigenvalue weighted by Crippen LogP contribution is -2.32. The van der Waals surface area contributed by atoms with E-state index in [1.807, 2.05) is 0 Å². The summed E-state index contributed by atoms with van der Waals surface area (Å²) < 4.78 is 0. The Hall–Kier alpha value is -0.920. The number of unbranched alkanes of at least 4 members (excludes halogenated alkanes) is 2. The molecule has 0 fully saturated rings. The third-order valence-electron chi connectivity index (χ3n) is 3.60. The highest BCUT2D eigenvalue weighted by molar-refractivity contribution is 5.21. The Morgan fingerprint density at radius 1 is 1.10 bits per heavy atom. The van der Waals surface area contributed by atoms with E-state index in [0.717, 1.165) is 13.1 Å². The Balaban J connectivity index is 2.54. The summed E-state index contributed by atoms with van der Waals surface area (Å²) in [4.78, 5) is 4.99. The van der Waals surface area contributed by atoms with Crippen LogP contribution >= 0.6 is 0 Å². The molecule has 0 saturated heterocycles. The minimum absolute atomic E-state index is 0.361. The van der Waals surface area contributed by atoms with Crippen LogP contribution in [0.2, 0.25) is 0 Å². The molecule has 0 N–H and O–H groups in total. The zero-order chi connectivity index (χ0) is 15.0. The van der Waals surface area contributed by atoms with E-state index in [1.165, 1.54) is 44.5 Å². The van der Waals surface area contributed by atoms with Gasteiger partial charge in [-0.2, -0.15) is 0 Å². The molecule has 2 heteroatoms. The van der Waals surface area contributed by atoms with Crippen molar-refractivity contribution in [3.63, 3.8) is 0 Å². The van der Waals surface area contributed by atoms with E-state index in [4.69, 9.17) is 0 Å². The molecule has 20 heavy (non-hydrogen) atoms. The first-order chi connectivity index (χ1) is 9.46. The second-order valence-electron chi connectivity index (χ2n) is 7.13. The van der Waals surface area contributed by atoms with Gasteiger partial charge in [-0.15, -0.1) is 0 Å². The zero-order valence-electron chi connectivity index (χ0n) is 14.3. The summed E-state index contributed by atoms with van der Waals surface area (Å²) in [6, 6.07) is 0. The van der Waals surface area contributed by atoms with E-state index in [0.29, 0.717) is 5.41 Å². The van der Waals surface area contributed by atoms with Gasteiger partial charge in [-0.25, -0.2) is 0 Å². The molecule has 0 unspecified atom stereocenters. The summed E-state index contributed by atoms with van der Waals surface area (Å²) in [6.07, 6.45) is 12.1. The Labute approximate surface area is 126 Å².